The third kappa shape index (κ3) is 2.14. The van der Waals surface area contributed by atoms with E-state index in [0.717, 1.165) is 31.3 Å². The summed E-state index contributed by atoms with van der Waals surface area (Å²) in [7, 11) is 0. The van der Waals surface area contributed by atoms with Gasteiger partial charge in [-0.3, -0.25) is 0 Å². The molecule has 0 aromatic carbocycles. The molecule has 0 amide bonds. The Bertz CT molecular complexity index is 412. The first-order valence-corrected chi connectivity index (χ1v) is 6.82. The molecule has 5 nitrogen and oxygen atoms in total. The Morgan fingerprint density at radius 1 is 1.44 bits per heavy atom. The van der Waals surface area contributed by atoms with Crippen molar-refractivity contribution in [3.8, 4) is 0 Å². The lowest BCUT2D eigenvalue weighted by Crippen LogP contribution is -2.49. The van der Waals surface area contributed by atoms with E-state index in [2.05, 4.69) is 27.1 Å². The van der Waals surface area contributed by atoms with Crippen LogP contribution in [-0.2, 0) is 4.74 Å². The molecule has 1 aromatic heterocycles. The van der Waals surface area contributed by atoms with E-state index in [0.29, 0.717) is 12.1 Å². The zero-order valence-corrected chi connectivity index (χ0v) is 10.8. The molecule has 1 saturated heterocycles. The molecular formula is C13H20N4O. The quantitative estimate of drug-likeness (QED) is 0.881. The van der Waals surface area contributed by atoms with Crippen LogP contribution in [0.25, 0.3) is 0 Å². The lowest BCUT2D eigenvalue weighted by molar-refractivity contribution is 0.0253. The third-order valence-corrected chi connectivity index (χ3v) is 3.79. The van der Waals surface area contributed by atoms with Crippen molar-refractivity contribution in [3.63, 3.8) is 0 Å². The molecule has 0 radical (unpaired) electrons. The molecule has 2 fully saturated rings. The van der Waals surface area contributed by atoms with E-state index in [9.17, 15) is 0 Å². The molecule has 5 heteroatoms. The summed E-state index contributed by atoms with van der Waals surface area (Å²) in [6.45, 7) is 4.70. The van der Waals surface area contributed by atoms with Crippen molar-refractivity contribution >= 4 is 11.6 Å². The number of rotatable bonds is 3. The molecule has 2 unspecified atom stereocenters. The minimum atomic E-state index is 0.399. The highest BCUT2D eigenvalue weighted by Gasteiger charge is 2.36. The van der Waals surface area contributed by atoms with E-state index in [-0.39, 0.29) is 0 Å². The van der Waals surface area contributed by atoms with Gasteiger partial charge in [-0.25, -0.2) is 9.97 Å². The molecule has 1 aliphatic carbocycles. The van der Waals surface area contributed by atoms with Gasteiger partial charge >= 0.3 is 0 Å². The summed E-state index contributed by atoms with van der Waals surface area (Å²) in [6, 6.07) is 2.55. The SMILES string of the molecule is CCNc1cc(N2CCOC3CCCC32)ncn1. The lowest BCUT2D eigenvalue weighted by atomic mass is 10.1. The normalized spacial score (nSPS) is 27.1. The molecule has 0 bridgehead atoms. The predicted molar refractivity (Wildman–Crippen MR) is 70.9 cm³/mol. The van der Waals surface area contributed by atoms with Crippen LogP contribution in [0.1, 0.15) is 26.2 Å². The van der Waals surface area contributed by atoms with Crippen LogP contribution in [0.15, 0.2) is 12.4 Å². The molecule has 0 spiro atoms. The Balaban J connectivity index is 1.82. The second-order valence-electron chi connectivity index (χ2n) is 4.89. The molecular weight excluding hydrogens is 228 g/mol. The van der Waals surface area contributed by atoms with Crippen molar-refractivity contribution in [2.45, 2.75) is 38.3 Å². The average molecular weight is 248 g/mol. The average Bonchev–Trinajstić information content (AvgIpc) is 2.87. The maximum Gasteiger partial charge on any atom is 0.134 e. The molecule has 98 valence electrons. The zero-order valence-electron chi connectivity index (χ0n) is 10.8. The standard InChI is InChI=1S/C13H20N4O/c1-2-14-12-8-13(16-9-15-12)17-6-7-18-11-5-3-4-10(11)17/h8-11H,2-7H2,1H3,(H,14,15,16). The van der Waals surface area contributed by atoms with E-state index in [1.54, 1.807) is 6.33 Å². The first-order chi connectivity index (χ1) is 8.88. The van der Waals surface area contributed by atoms with Crippen molar-refractivity contribution in [2.24, 2.45) is 0 Å². The predicted octanol–water partition coefficient (Wildman–Crippen LogP) is 1.67. The number of hydrogen-bond acceptors (Lipinski definition) is 5. The summed E-state index contributed by atoms with van der Waals surface area (Å²) < 4.78 is 5.83. The summed E-state index contributed by atoms with van der Waals surface area (Å²) in [6.07, 6.45) is 5.71. The van der Waals surface area contributed by atoms with E-state index in [4.69, 9.17) is 4.74 Å². The van der Waals surface area contributed by atoms with E-state index in [1.165, 1.54) is 19.3 Å². The summed E-state index contributed by atoms with van der Waals surface area (Å²) in [5, 5.41) is 3.24. The van der Waals surface area contributed by atoms with Gasteiger partial charge in [0.25, 0.3) is 0 Å². The first kappa shape index (κ1) is 11.7. The van der Waals surface area contributed by atoms with Crippen molar-refractivity contribution in [2.75, 3.05) is 29.9 Å². The summed E-state index contributed by atoms with van der Waals surface area (Å²) in [4.78, 5) is 11.0. The van der Waals surface area contributed by atoms with Crippen LogP contribution in [-0.4, -0.2) is 41.8 Å². The summed E-state index contributed by atoms with van der Waals surface area (Å²) in [5.41, 5.74) is 0. The zero-order chi connectivity index (χ0) is 12.4. The summed E-state index contributed by atoms with van der Waals surface area (Å²) in [5.74, 6) is 1.93. The number of nitrogens with zero attached hydrogens (tertiary/aromatic N) is 3. The maximum absolute atomic E-state index is 5.83. The molecule has 2 atom stereocenters. The second kappa shape index (κ2) is 5.10. The van der Waals surface area contributed by atoms with Gasteiger partial charge in [0, 0.05) is 19.2 Å². The van der Waals surface area contributed by atoms with Crippen molar-refractivity contribution in [1.29, 1.82) is 0 Å². The van der Waals surface area contributed by atoms with Gasteiger partial charge in [0.2, 0.25) is 0 Å². The topological polar surface area (TPSA) is 50.3 Å². The number of nitrogens with one attached hydrogen (secondary N) is 1. The Hall–Kier alpha value is -1.36. The fourth-order valence-electron chi connectivity index (χ4n) is 2.99. The number of morpholine rings is 1. The molecule has 1 N–H and O–H groups in total. The van der Waals surface area contributed by atoms with Crippen LogP contribution in [0.4, 0.5) is 11.6 Å². The van der Waals surface area contributed by atoms with E-state index in [1.807, 2.05) is 6.07 Å². The van der Waals surface area contributed by atoms with Crippen LogP contribution in [0.2, 0.25) is 0 Å². The van der Waals surface area contributed by atoms with Crippen LogP contribution in [0.3, 0.4) is 0 Å². The number of fused-ring (bicyclic) bond motifs is 1. The van der Waals surface area contributed by atoms with E-state index >= 15 is 0 Å². The molecule has 1 aliphatic heterocycles. The van der Waals surface area contributed by atoms with Crippen LogP contribution in [0, 0.1) is 0 Å². The highest BCUT2D eigenvalue weighted by atomic mass is 16.5. The smallest absolute Gasteiger partial charge is 0.134 e. The number of ether oxygens (including phenoxy) is 1. The maximum atomic E-state index is 5.83. The second-order valence-corrected chi connectivity index (χ2v) is 4.89. The molecule has 1 aromatic rings. The highest BCUT2D eigenvalue weighted by Crippen LogP contribution is 2.32. The van der Waals surface area contributed by atoms with Gasteiger partial charge in [0.1, 0.15) is 18.0 Å². The number of hydrogen-bond donors (Lipinski definition) is 1. The number of aromatic nitrogens is 2. The largest absolute Gasteiger partial charge is 0.374 e. The Labute approximate surface area is 108 Å². The van der Waals surface area contributed by atoms with Gasteiger partial charge in [0.15, 0.2) is 0 Å². The van der Waals surface area contributed by atoms with Crippen LogP contribution >= 0.6 is 0 Å². The molecule has 18 heavy (non-hydrogen) atoms. The Morgan fingerprint density at radius 2 is 2.39 bits per heavy atom. The van der Waals surface area contributed by atoms with Gasteiger partial charge in [-0.05, 0) is 26.2 Å². The first-order valence-electron chi connectivity index (χ1n) is 6.82. The van der Waals surface area contributed by atoms with Gasteiger partial charge in [-0.15, -0.1) is 0 Å². The van der Waals surface area contributed by atoms with Gasteiger partial charge in [-0.2, -0.15) is 0 Å². The fourth-order valence-corrected chi connectivity index (χ4v) is 2.99. The lowest BCUT2D eigenvalue weighted by Gasteiger charge is -2.38. The number of anilines is 2. The summed E-state index contributed by atoms with van der Waals surface area (Å²) >= 11 is 0. The van der Waals surface area contributed by atoms with Crippen LogP contribution in [0.5, 0.6) is 0 Å². The monoisotopic (exact) mass is 248 g/mol. The highest BCUT2D eigenvalue weighted by molar-refractivity contribution is 5.49. The molecule has 2 heterocycles. The van der Waals surface area contributed by atoms with Crippen molar-refractivity contribution < 1.29 is 4.74 Å². The Morgan fingerprint density at radius 3 is 3.28 bits per heavy atom. The minimum absolute atomic E-state index is 0.399. The minimum Gasteiger partial charge on any atom is -0.374 e. The van der Waals surface area contributed by atoms with Crippen molar-refractivity contribution in [1.82, 2.24) is 9.97 Å². The fraction of sp³-hybridized carbons (Fsp3) is 0.692. The van der Waals surface area contributed by atoms with Crippen molar-refractivity contribution in [3.05, 3.63) is 12.4 Å². The Kier molecular flexibility index (Phi) is 3.32. The molecule has 3 rings (SSSR count). The van der Waals surface area contributed by atoms with Crippen LogP contribution < -0.4 is 10.2 Å². The van der Waals surface area contributed by atoms with Gasteiger partial charge in [-0.1, -0.05) is 0 Å². The van der Waals surface area contributed by atoms with E-state index < -0.39 is 0 Å². The molecule has 2 aliphatic rings. The van der Waals surface area contributed by atoms with Gasteiger partial charge < -0.3 is 15.0 Å². The van der Waals surface area contributed by atoms with Gasteiger partial charge in [0.05, 0.1) is 18.8 Å². The molecule has 1 saturated carbocycles. The third-order valence-electron chi connectivity index (χ3n) is 3.79.